The van der Waals surface area contributed by atoms with Gasteiger partial charge in [-0.25, -0.2) is 4.98 Å². The van der Waals surface area contributed by atoms with E-state index in [1.54, 1.807) is 0 Å². The average molecular weight is 339 g/mol. The summed E-state index contributed by atoms with van der Waals surface area (Å²) < 4.78 is 0. The molecule has 2 aliphatic rings. The monoisotopic (exact) mass is 339 g/mol. The van der Waals surface area contributed by atoms with Gasteiger partial charge in [0, 0.05) is 19.6 Å². The molecule has 0 spiro atoms. The van der Waals surface area contributed by atoms with Crippen molar-refractivity contribution in [3.05, 3.63) is 48.0 Å². The van der Waals surface area contributed by atoms with E-state index in [2.05, 4.69) is 56.6 Å². The Bertz CT molecular complexity index is 711. The van der Waals surface area contributed by atoms with E-state index in [-0.39, 0.29) is 17.4 Å². The van der Waals surface area contributed by atoms with Crippen LogP contribution in [0.4, 0.5) is 0 Å². The van der Waals surface area contributed by atoms with Crippen LogP contribution in [0.1, 0.15) is 37.6 Å². The molecule has 1 amide bonds. The Kier molecular flexibility index (Phi) is 4.29. The highest BCUT2D eigenvalue weighted by molar-refractivity contribution is 5.80. The summed E-state index contributed by atoms with van der Waals surface area (Å²) in [5.41, 5.74) is 0.966. The molecule has 2 N–H and O–H groups in total. The maximum Gasteiger partial charge on any atom is 0.225 e. The molecular weight excluding hydrogens is 314 g/mol. The summed E-state index contributed by atoms with van der Waals surface area (Å²) in [4.78, 5) is 19.6. The zero-order chi connectivity index (χ0) is 17.3. The number of hydrogen-bond donors (Lipinski definition) is 2. The Labute approximate surface area is 148 Å². The van der Waals surface area contributed by atoms with Crippen molar-refractivity contribution >= 4 is 5.91 Å². The molecule has 132 valence electrons. The molecule has 1 aliphatic carbocycles. The van der Waals surface area contributed by atoms with E-state index in [0.717, 1.165) is 44.7 Å². The lowest BCUT2D eigenvalue weighted by Crippen LogP contribution is -2.54. The van der Waals surface area contributed by atoms with Gasteiger partial charge in [-0.05, 0) is 30.7 Å². The van der Waals surface area contributed by atoms with Crippen LogP contribution in [0.15, 0.2) is 36.7 Å². The standard InChI is InChI=1S/C19H25N5O/c1-14-10-24(11-15-6-3-2-4-7-15)12-16(14)17(25)22-19(8-5-9-19)18-20-13-21-23-18/h2-4,6-7,13-14,16H,5,8-12H2,1H3,(H,22,25)(H,20,21,23)/t14-,16-/m1/s1. The first-order valence-electron chi connectivity index (χ1n) is 9.10. The summed E-state index contributed by atoms with van der Waals surface area (Å²) in [5, 5.41) is 10.2. The van der Waals surface area contributed by atoms with Crippen molar-refractivity contribution in [1.29, 1.82) is 0 Å². The first-order chi connectivity index (χ1) is 12.2. The molecule has 2 fully saturated rings. The average Bonchev–Trinajstić information content (AvgIpc) is 3.22. The largest absolute Gasteiger partial charge is 0.343 e. The fraction of sp³-hybridized carbons (Fsp3) is 0.526. The molecule has 6 heteroatoms. The van der Waals surface area contributed by atoms with Crippen LogP contribution in [0.2, 0.25) is 0 Å². The first kappa shape index (κ1) is 16.3. The van der Waals surface area contributed by atoms with Gasteiger partial charge in [0.25, 0.3) is 0 Å². The second kappa shape index (κ2) is 6.59. The normalized spacial score (nSPS) is 25.5. The number of rotatable bonds is 5. The number of aromatic nitrogens is 3. The van der Waals surface area contributed by atoms with Gasteiger partial charge >= 0.3 is 0 Å². The van der Waals surface area contributed by atoms with Crippen LogP contribution >= 0.6 is 0 Å². The third-order valence-corrected chi connectivity index (χ3v) is 5.71. The van der Waals surface area contributed by atoms with E-state index >= 15 is 0 Å². The zero-order valence-corrected chi connectivity index (χ0v) is 14.6. The van der Waals surface area contributed by atoms with E-state index in [1.165, 1.54) is 11.9 Å². The Balaban J connectivity index is 1.40. The number of H-pyrrole nitrogens is 1. The van der Waals surface area contributed by atoms with E-state index in [9.17, 15) is 4.79 Å². The maximum absolute atomic E-state index is 13.0. The Morgan fingerprint density at radius 1 is 1.32 bits per heavy atom. The quantitative estimate of drug-likeness (QED) is 0.874. The van der Waals surface area contributed by atoms with Crippen LogP contribution in [0, 0.1) is 11.8 Å². The molecule has 1 aliphatic heterocycles. The minimum absolute atomic E-state index is 0.0316. The Hall–Kier alpha value is -2.21. The lowest BCUT2D eigenvalue weighted by Gasteiger charge is -2.41. The molecule has 2 aromatic rings. The van der Waals surface area contributed by atoms with Gasteiger partial charge in [-0.1, -0.05) is 37.3 Å². The van der Waals surface area contributed by atoms with Crippen molar-refractivity contribution < 1.29 is 4.79 Å². The van der Waals surface area contributed by atoms with Crippen molar-refractivity contribution in [2.24, 2.45) is 11.8 Å². The molecular formula is C19H25N5O. The van der Waals surface area contributed by atoms with E-state index in [4.69, 9.17) is 0 Å². The Morgan fingerprint density at radius 3 is 2.76 bits per heavy atom. The fourth-order valence-corrected chi connectivity index (χ4v) is 4.10. The zero-order valence-electron chi connectivity index (χ0n) is 14.6. The van der Waals surface area contributed by atoms with E-state index in [0.29, 0.717) is 5.92 Å². The number of nitrogens with zero attached hydrogens (tertiary/aromatic N) is 3. The number of nitrogens with one attached hydrogen (secondary N) is 2. The molecule has 0 unspecified atom stereocenters. The number of hydrogen-bond acceptors (Lipinski definition) is 4. The first-order valence-corrected chi connectivity index (χ1v) is 9.10. The smallest absolute Gasteiger partial charge is 0.225 e. The van der Waals surface area contributed by atoms with Crippen LogP contribution in [-0.2, 0) is 16.9 Å². The number of likely N-dealkylation sites (tertiary alicyclic amines) is 1. The molecule has 4 rings (SSSR count). The highest BCUT2D eigenvalue weighted by atomic mass is 16.2. The molecule has 0 radical (unpaired) electrons. The fourth-order valence-electron chi connectivity index (χ4n) is 4.10. The predicted octanol–water partition coefficient (Wildman–Crippen LogP) is 2.07. The lowest BCUT2D eigenvalue weighted by molar-refractivity contribution is -0.129. The molecule has 1 saturated heterocycles. The molecule has 25 heavy (non-hydrogen) atoms. The van der Waals surface area contributed by atoms with Crippen LogP contribution in [0.25, 0.3) is 0 Å². The topological polar surface area (TPSA) is 73.9 Å². The Morgan fingerprint density at radius 2 is 2.12 bits per heavy atom. The number of benzene rings is 1. The highest BCUT2D eigenvalue weighted by Gasteiger charge is 2.45. The van der Waals surface area contributed by atoms with Gasteiger partial charge in [-0.2, -0.15) is 5.10 Å². The molecule has 1 aromatic carbocycles. The summed E-state index contributed by atoms with van der Waals surface area (Å²) in [7, 11) is 0. The van der Waals surface area contributed by atoms with E-state index in [1.807, 2.05) is 6.07 Å². The molecule has 1 saturated carbocycles. The number of amides is 1. The number of carbonyl (C=O) groups is 1. The summed E-state index contributed by atoms with van der Waals surface area (Å²) in [6.45, 7) is 4.86. The molecule has 2 atom stereocenters. The molecule has 2 heterocycles. The number of carbonyl (C=O) groups excluding carboxylic acids is 1. The third-order valence-electron chi connectivity index (χ3n) is 5.71. The summed E-state index contributed by atoms with van der Waals surface area (Å²) in [5.74, 6) is 1.33. The second-order valence-corrected chi connectivity index (χ2v) is 7.52. The second-order valence-electron chi connectivity index (χ2n) is 7.52. The molecule has 6 nitrogen and oxygen atoms in total. The van der Waals surface area contributed by atoms with Crippen LogP contribution < -0.4 is 5.32 Å². The van der Waals surface area contributed by atoms with Gasteiger partial charge in [0.15, 0.2) is 0 Å². The predicted molar refractivity (Wildman–Crippen MR) is 94.4 cm³/mol. The SMILES string of the molecule is C[C@@H]1CN(Cc2ccccc2)C[C@H]1C(=O)NC1(c2ncn[nH]2)CCC1. The van der Waals surface area contributed by atoms with Crippen LogP contribution in [-0.4, -0.2) is 39.1 Å². The van der Waals surface area contributed by atoms with Crippen LogP contribution in [0.3, 0.4) is 0 Å². The number of aromatic amines is 1. The van der Waals surface area contributed by atoms with Gasteiger partial charge in [-0.3, -0.25) is 14.8 Å². The van der Waals surface area contributed by atoms with Gasteiger partial charge in [-0.15, -0.1) is 0 Å². The summed E-state index contributed by atoms with van der Waals surface area (Å²) in [6, 6.07) is 10.5. The molecule has 1 aromatic heterocycles. The van der Waals surface area contributed by atoms with Crippen molar-refractivity contribution in [3.8, 4) is 0 Å². The van der Waals surface area contributed by atoms with Gasteiger partial charge in [0.2, 0.25) is 5.91 Å². The van der Waals surface area contributed by atoms with E-state index < -0.39 is 0 Å². The van der Waals surface area contributed by atoms with Crippen molar-refractivity contribution in [3.63, 3.8) is 0 Å². The minimum atomic E-state index is -0.333. The molecule has 0 bridgehead atoms. The minimum Gasteiger partial charge on any atom is -0.343 e. The lowest BCUT2D eigenvalue weighted by atomic mass is 9.75. The van der Waals surface area contributed by atoms with Crippen LogP contribution in [0.5, 0.6) is 0 Å². The maximum atomic E-state index is 13.0. The summed E-state index contributed by atoms with van der Waals surface area (Å²) in [6.07, 6.45) is 4.49. The summed E-state index contributed by atoms with van der Waals surface area (Å²) >= 11 is 0. The van der Waals surface area contributed by atoms with Gasteiger partial charge in [0.05, 0.1) is 11.5 Å². The highest BCUT2D eigenvalue weighted by Crippen LogP contribution is 2.40. The van der Waals surface area contributed by atoms with Crippen molar-refractivity contribution in [2.75, 3.05) is 13.1 Å². The van der Waals surface area contributed by atoms with Crippen molar-refractivity contribution in [1.82, 2.24) is 25.4 Å². The van der Waals surface area contributed by atoms with Gasteiger partial charge in [0.1, 0.15) is 12.2 Å². The van der Waals surface area contributed by atoms with Crippen molar-refractivity contribution in [2.45, 2.75) is 38.3 Å². The third kappa shape index (κ3) is 3.18. The van der Waals surface area contributed by atoms with Gasteiger partial charge < -0.3 is 5.32 Å².